The molecule has 6 heteroatoms. The van der Waals surface area contributed by atoms with Crippen LogP contribution < -0.4 is 4.74 Å². The molecule has 6 nitrogen and oxygen atoms in total. The number of rotatable bonds is 5. The van der Waals surface area contributed by atoms with Crippen LogP contribution in [-0.2, 0) is 17.6 Å². The highest BCUT2D eigenvalue weighted by Crippen LogP contribution is 2.20. The number of methoxy groups -OCH3 is 1. The quantitative estimate of drug-likeness (QED) is 0.834. The molecule has 1 aliphatic heterocycles. The van der Waals surface area contributed by atoms with E-state index in [0.717, 1.165) is 23.4 Å². The number of morpholine rings is 1. The average Bonchev–Trinajstić information content (AvgIpc) is 3.02. The van der Waals surface area contributed by atoms with Gasteiger partial charge in [0.1, 0.15) is 17.1 Å². The van der Waals surface area contributed by atoms with Crippen LogP contribution in [0.5, 0.6) is 5.75 Å². The van der Waals surface area contributed by atoms with Crippen molar-refractivity contribution in [3.63, 3.8) is 0 Å². The standard InChI is InChI=1S/C19H24N2O4/c1-4-17-18(13(2)25-20-17)19(22)21-9-10-24-16(12-21)11-14-5-7-15(23-3)8-6-14/h5-8,16H,4,9-12H2,1-3H3/t16-/m0/s1. The minimum absolute atomic E-state index is 0.0152. The predicted molar refractivity (Wildman–Crippen MR) is 93.0 cm³/mol. The molecule has 1 aromatic carbocycles. The molecule has 1 amide bonds. The first kappa shape index (κ1) is 17.5. The molecular formula is C19H24N2O4. The maximum atomic E-state index is 12.9. The van der Waals surface area contributed by atoms with Gasteiger partial charge in [0.2, 0.25) is 0 Å². The third-order valence-corrected chi connectivity index (χ3v) is 4.53. The molecule has 3 rings (SSSR count). The molecule has 1 saturated heterocycles. The Morgan fingerprint density at radius 2 is 2.12 bits per heavy atom. The Morgan fingerprint density at radius 3 is 2.80 bits per heavy atom. The molecule has 0 spiro atoms. The van der Waals surface area contributed by atoms with Crippen LogP contribution in [0.4, 0.5) is 0 Å². The Hall–Kier alpha value is -2.34. The zero-order valence-corrected chi connectivity index (χ0v) is 14.9. The van der Waals surface area contributed by atoms with E-state index >= 15 is 0 Å². The van der Waals surface area contributed by atoms with Gasteiger partial charge in [-0.3, -0.25) is 4.79 Å². The fourth-order valence-electron chi connectivity index (χ4n) is 3.14. The number of aryl methyl sites for hydroxylation is 2. The van der Waals surface area contributed by atoms with Crippen molar-refractivity contribution >= 4 is 5.91 Å². The number of hydrogen-bond donors (Lipinski definition) is 0. The number of amides is 1. The smallest absolute Gasteiger partial charge is 0.259 e. The molecule has 25 heavy (non-hydrogen) atoms. The molecule has 0 radical (unpaired) electrons. The zero-order chi connectivity index (χ0) is 17.8. The third-order valence-electron chi connectivity index (χ3n) is 4.53. The molecular weight excluding hydrogens is 320 g/mol. The Labute approximate surface area is 147 Å². The van der Waals surface area contributed by atoms with Crippen LogP contribution in [0.3, 0.4) is 0 Å². The molecule has 0 unspecified atom stereocenters. The van der Waals surface area contributed by atoms with Crippen molar-refractivity contribution in [1.82, 2.24) is 10.1 Å². The van der Waals surface area contributed by atoms with Gasteiger partial charge in [-0.1, -0.05) is 24.2 Å². The van der Waals surface area contributed by atoms with Crippen molar-refractivity contribution in [3.05, 3.63) is 46.8 Å². The lowest BCUT2D eigenvalue weighted by Crippen LogP contribution is -2.46. The van der Waals surface area contributed by atoms with E-state index in [0.29, 0.717) is 37.4 Å². The van der Waals surface area contributed by atoms with Gasteiger partial charge in [-0.15, -0.1) is 0 Å². The van der Waals surface area contributed by atoms with Crippen LogP contribution in [0.15, 0.2) is 28.8 Å². The highest BCUT2D eigenvalue weighted by atomic mass is 16.5. The lowest BCUT2D eigenvalue weighted by Gasteiger charge is -2.33. The SMILES string of the molecule is CCc1noc(C)c1C(=O)N1CCO[C@@H](Cc2ccc(OC)cc2)C1. The van der Waals surface area contributed by atoms with Gasteiger partial charge in [-0.25, -0.2) is 0 Å². The summed E-state index contributed by atoms with van der Waals surface area (Å²) in [7, 11) is 1.65. The van der Waals surface area contributed by atoms with E-state index in [-0.39, 0.29) is 12.0 Å². The molecule has 1 aromatic heterocycles. The molecule has 0 bridgehead atoms. The van der Waals surface area contributed by atoms with Crippen LogP contribution in [0.25, 0.3) is 0 Å². The zero-order valence-electron chi connectivity index (χ0n) is 14.9. The van der Waals surface area contributed by atoms with E-state index in [1.165, 1.54) is 0 Å². The van der Waals surface area contributed by atoms with Gasteiger partial charge in [-0.2, -0.15) is 0 Å². The van der Waals surface area contributed by atoms with Crippen molar-refractivity contribution in [2.45, 2.75) is 32.8 Å². The molecule has 2 heterocycles. The molecule has 134 valence electrons. The fraction of sp³-hybridized carbons (Fsp3) is 0.474. The maximum absolute atomic E-state index is 12.9. The van der Waals surface area contributed by atoms with Crippen LogP contribution in [0.1, 0.15) is 34.3 Å². The van der Waals surface area contributed by atoms with Crippen molar-refractivity contribution in [2.24, 2.45) is 0 Å². The van der Waals surface area contributed by atoms with Crippen LogP contribution in [-0.4, -0.2) is 48.9 Å². The maximum Gasteiger partial charge on any atom is 0.259 e. The summed E-state index contributed by atoms with van der Waals surface area (Å²) in [5.74, 6) is 1.40. The van der Waals surface area contributed by atoms with Crippen molar-refractivity contribution in [2.75, 3.05) is 26.8 Å². The normalized spacial score (nSPS) is 17.6. The van der Waals surface area contributed by atoms with Crippen LogP contribution in [0, 0.1) is 6.92 Å². The predicted octanol–water partition coefficient (Wildman–Crippen LogP) is 2.64. The summed E-state index contributed by atoms with van der Waals surface area (Å²) in [6.07, 6.45) is 1.42. The Morgan fingerprint density at radius 1 is 1.36 bits per heavy atom. The average molecular weight is 344 g/mol. The summed E-state index contributed by atoms with van der Waals surface area (Å²) in [5, 5.41) is 3.99. The van der Waals surface area contributed by atoms with Crippen molar-refractivity contribution < 1.29 is 18.8 Å². The van der Waals surface area contributed by atoms with Crippen LogP contribution >= 0.6 is 0 Å². The second kappa shape index (κ2) is 7.70. The first-order valence-electron chi connectivity index (χ1n) is 8.61. The first-order chi connectivity index (χ1) is 12.1. The molecule has 1 atom stereocenters. The lowest BCUT2D eigenvalue weighted by atomic mass is 10.1. The highest BCUT2D eigenvalue weighted by molar-refractivity contribution is 5.96. The second-order valence-electron chi connectivity index (χ2n) is 6.21. The number of nitrogens with zero attached hydrogens (tertiary/aromatic N) is 2. The summed E-state index contributed by atoms with van der Waals surface area (Å²) < 4.78 is 16.2. The van der Waals surface area contributed by atoms with Crippen molar-refractivity contribution in [1.29, 1.82) is 0 Å². The first-order valence-corrected chi connectivity index (χ1v) is 8.61. The summed E-state index contributed by atoms with van der Waals surface area (Å²) in [5.41, 5.74) is 2.49. The summed E-state index contributed by atoms with van der Waals surface area (Å²) >= 11 is 0. The number of aromatic nitrogens is 1. The lowest BCUT2D eigenvalue weighted by molar-refractivity contribution is -0.0209. The van der Waals surface area contributed by atoms with Crippen molar-refractivity contribution in [3.8, 4) is 5.75 Å². The summed E-state index contributed by atoms with van der Waals surface area (Å²) in [6.45, 7) is 5.46. The Kier molecular flexibility index (Phi) is 5.38. The monoisotopic (exact) mass is 344 g/mol. The minimum atomic E-state index is -0.0173. The fourth-order valence-corrected chi connectivity index (χ4v) is 3.14. The number of carbonyl (C=O) groups is 1. The van der Waals surface area contributed by atoms with Gasteiger partial charge in [0.25, 0.3) is 5.91 Å². The van der Waals surface area contributed by atoms with Gasteiger partial charge in [0, 0.05) is 19.5 Å². The third kappa shape index (κ3) is 3.85. The van der Waals surface area contributed by atoms with Gasteiger partial charge in [0.05, 0.1) is 25.5 Å². The largest absolute Gasteiger partial charge is 0.497 e. The molecule has 1 aliphatic rings. The molecule has 0 saturated carbocycles. The number of hydrogen-bond acceptors (Lipinski definition) is 5. The molecule has 1 fully saturated rings. The van der Waals surface area contributed by atoms with Gasteiger partial charge in [-0.05, 0) is 31.0 Å². The van der Waals surface area contributed by atoms with E-state index < -0.39 is 0 Å². The number of ether oxygens (including phenoxy) is 2. The van der Waals surface area contributed by atoms with E-state index in [9.17, 15) is 4.79 Å². The second-order valence-corrected chi connectivity index (χ2v) is 6.21. The Balaban J connectivity index is 1.68. The van der Waals surface area contributed by atoms with Gasteiger partial charge in [0.15, 0.2) is 0 Å². The summed E-state index contributed by atoms with van der Waals surface area (Å²) in [6, 6.07) is 7.94. The number of benzene rings is 1. The topological polar surface area (TPSA) is 64.8 Å². The molecule has 2 aromatic rings. The van der Waals surface area contributed by atoms with Gasteiger partial charge >= 0.3 is 0 Å². The van der Waals surface area contributed by atoms with Crippen LogP contribution in [0.2, 0.25) is 0 Å². The molecule has 0 aliphatic carbocycles. The van der Waals surface area contributed by atoms with E-state index in [1.807, 2.05) is 36.1 Å². The molecule has 0 N–H and O–H groups in total. The Bertz CT molecular complexity index is 724. The van der Waals surface area contributed by atoms with Gasteiger partial charge < -0.3 is 18.9 Å². The highest BCUT2D eigenvalue weighted by Gasteiger charge is 2.29. The number of carbonyl (C=O) groups excluding carboxylic acids is 1. The van der Waals surface area contributed by atoms with E-state index in [1.54, 1.807) is 14.0 Å². The summed E-state index contributed by atoms with van der Waals surface area (Å²) in [4.78, 5) is 14.7. The van der Waals surface area contributed by atoms with E-state index in [4.69, 9.17) is 14.0 Å². The minimum Gasteiger partial charge on any atom is -0.497 e. The van der Waals surface area contributed by atoms with E-state index in [2.05, 4.69) is 5.16 Å².